The zero-order valence-corrected chi connectivity index (χ0v) is 18.9. The lowest BCUT2D eigenvalue weighted by Gasteiger charge is -2.33. The third kappa shape index (κ3) is 5.23. The van der Waals surface area contributed by atoms with Crippen molar-refractivity contribution in [3.05, 3.63) is 63.1 Å². The van der Waals surface area contributed by atoms with Crippen LogP contribution in [0.4, 0.5) is 10.5 Å². The Balaban J connectivity index is 1.78. The van der Waals surface area contributed by atoms with Gasteiger partial charge in [0.25, 0.3) is 0 Å². The fourth-order valence-corrected chi connectivity index (χ4v) is 4.25. The Bertz CT molecular complexity index is 870. The van der Waals surface area contributed by atoms with Crippen molar-refractivity contribution >= 4 is 34.9 Å². The molecule has 0 aromatic heterocycles. The fourth-order valence-electron chi connectivity index (χ4n) is 3.68. The molecule has 0 fully saturated rings. The van der Waals surface area contributed by atoms with E-state index < -0.39 is 0 Å². The third-order valence-electron chi connectivity index (χ3n) is 5.32. The monoisotopic (exact) mass is 434 g/mol. The molecule has 0 saturated carbocycles. The minimum absolute atomic E-state index is 0.110. The highest BCUT2D eigenvalue weighted by atomic mass is 35.5. The van der Waals surface area contributed by atoms with Gasteiger partial charge in [-0.1, -0.05) is 35.3 Å². The van der Waals surface area contributed by atoms with E-state index in [1.165, 1.54) is 11.1 Å². The van der Waals surface area contributed by atoms with Crippen molar-refractivity contribution in [3.63, 3.8) is 0 Å². The van der Waals surface area contributed by atoms with Crippen molar-refractivity contribution < 1.29 is 4.79 Å². The van der Waals surface area contributed by atoms with Crippen LogP contribution in [0.3, 0.4) is 0 Å². The van der Waals surface area contributed by atoms with Gasteiger partial charge in [0.05, 0.1) is 0 Å². The van der Waals surface area contributed by atoms with Gasteiger partial charge in [-0.15, -0.1) is 0 Å². The van der Waals surface area contributed by atoms with Crippen molar-refractivity contribution in [2.45, 2.75) is 12.5 Å². The molecule has 1 atom stereocenters. The van der Waals surface area contributed by atoms with E-state index in [0.717, 1.165) is 35.9 Å². The van der Waals surface area contributed by atoms with E-state index in [4.69, 9.17) is 23.2 Å². The van der Waals surface area contributed by atoms with Crippen molar-refractivity contribution in [3.8, 4) is 0 Å². The Hall–Kier alpha value is -1.79. The van der Waals surface area contributed by atoms with E-state index >= 15 is 0 Å². The second-order valence-corrected chi connectivity index (χ2v) is 8.73. The molecule has 1 heterocycles. The van der Waals surface area contributed by atoms with E-state index in [1.807, 2.05) is 43.3 Å². The summed E-state index contributed by atoms with van der Waals surface area (Å²) in [6.07, 6.45) is 0. The highest BCUT2D eigenvalue weighted by Gasteiger charge is 2.27. The minimum atomic E-state index is -0.110. The molecule has 0 aliphatic carbocycles. The molecule has 1 aliphatic heterocycles. The Labute approximate surface area is 183 Å². The predicted molar refractivity (Wildman–Crippen MR) is 121 cm³/mol. The highest BCUT2D eigenvalue weighted by Crippen LogP contribution is 2.38. The van der Waals surface area contributed by atoms with Gasteiger partial charge in [0.2, 0.25) is 0 Å². The lowest BCUT2D eigenvalue weighted by atomic mass is 9.84. The topological polar surface area (TPSA) is 38.8 Å². The first-order valence-corrected chi connectivity index (χ1v) is 10.4. The van der Waals surface area contributed by atoms with Crippen molar-refractivity contribution in [2.75, 3.05) is 52.7 Å². The lowest BCUT2D eigenvalue weighted by Crippen LogP contribution is -2.40. The number of rotatable bonds is 5. The number of nitrogens with one attached hydrogen (secondary N) is 1. The Morgan fingerprint density at radius 2 is 1.86 bits per heavy atom. The van der Waals surface area contributed by atoms with E-state index in [-0.39, 0.29) is 11.9 Å². The number of likely N-dealkylation sites (N-methyl/N-ethyl adjacent to an activating group) is 2. The summed E-state index contributed by atoms with van der Waals surface area (Å²) < 4.78 is 0. The average Bonchev–Trinajstić information content (AvgIpc) is 2.67. The Kier molecular flexibility index (Phi) is 7.06. The van der Waals surface area contributed by atoms with Crippen LogP contribution in [0.5, 0.6) is 0 Å². The molecule has 1 N–H and O–H groups in total. The summed E-state index contributed by atoms with van der Waals surface area (Å²) in [5.41, 5.74) is 4.35. The maximum atomic E-state index is 12.4. The summed E-state index contributed by atoms with van der Waals surface area (Å²) >= 11 is 12.7. The molecule has 2 amide bonds. The molecule has 0 radical (unpaired) electrons. The van der Waals surface area contributed by atoms with Gasteiger partial charge in [-0.3, -0.25) is 4.90 Å². The number of carbonyl (C=O) groups is 1. The molecule has 5 nitrogen and oxygen atoms in total. The molecule has 3 rings (SSSR count). The van der Waals surface area contributed by atoms with E-state index in [1.54, 1.807) is 11.9 Å². The molecule has 2 aromatic carbocycles. The van der Waals surface area contributed by atoms with E-state index in [9.17, 15) is 4.79 Å². The normalized spacial score (nSPS) is 16.6. The predicted octanol–water partition coefficient (Wildman–Crippen LogP) is 4.28. The van der Waals surface area contributed by atoms with Crippen LogP contribution in [0.25, 0.3) is 0 Å². The first-order valence-electron chi connectivity index (χ1n) is 9.69. The number of fused-ring (bicyclic) bond motifs is 1. The zero-order chi connectivity index (χ0) is 21.1. The summed E-state index contributed by atoms with van der Waals surface area (Å²) in [5, 5.41) is 4.31. The number of nitrogens with zero attached hydrogens (tertiary/aromatic N) is 3. The largest absolute Gasteiger partial charge is 0.336 e. The van der Waals surface area contributed by atoms with E-state index in [2.05, 4.69) is 29.4 Å². The molecule has 156 valence electrons. The zero-order valence-electron chi connectivity index (χ0n) is 17.4. The average molecular weight is 435 g/mol. The van der Waals surface area contributed by atoms with Gasteiger partial charge in [-0.2, -0.15) is 0 Å². The second-order valence-electron chi connectivity index (χ2n) is 7.89. The maximum Gasteiger partial charge on any atom is 0.321 e. The van der Waals surface area contributed by atoms with Gasteiger partial charge in [-0.05, 0) is 62.1 Å². The molecule has 7 heteroatoms. The molecule has 0 saturated heterocycles. The summed E-state index contributed by atoms with van der Waals surface area (Å²) in [6, 6.07) is 11.9. The van der Waals surface area contributed by atoms with Gasteiger partial charge in [0, 0.05) is 54.9 Å². The molecule has 29 heavy (non-hydrogen) atoms. The summed E-state index contributed by atoms with van der Waals surface area (Å²) in [4.78, 5) is 18.3. The molecule has 0 spiro atoms. The SMILES string of the molecule is CN(C)CCNC(=O)N(C)c1ccc(C2CN(C)Cc3c(Cl)cc(Cl)cc32)cc1. The number of halogens is 2. The van der Waals surface area contributed by atoms with E-state index in [0.29, 0.717) is 11.6 Å². The molecule has 0 bridgehead atoms. The number of benzene rings is 2. The Morgan fingerprint density at radius 1 is 1.17 bits per heavy atom. The van der Waals surface area contributed by atoms with Gasteiger partial charge in [0.15, 0.2) is 0 Å². The van der Waals surface area contributed by atoms with Gasteiger partial charge in [0.1, 0.15) is 0 Å². The lowest BCUT2D eigenvalue weighted by molar-refractivity contribution is 0.246. The first-order chi connectivity index (χ1) is 13.8. The maximum absolute atomic E-state index is 12.4. The number of anilines is 1. The standard InChI is InChI=1S/C22H28Cl2N4O/c1-26(2)10-9-25-22(29)28(4)17-7-5-15(6-8-17)19-13-27(3)14-20-18(19)11-16(23)12-21(20)24/h5-8,11-12,19H,9-10,13-14H2,1-4H3,(H,25,29). The molecular formula is C22H28Cl2N4O. The second kappa shape index (κ2) is 9.35. The number of hydrogen-bond acceptors (Lipinski definition) is 3. The van der Waals surface area contributed by atoms with Crippen LogP contribution < -0.4 is 10.2 Å². The smallest absolute Gasteiger partial charge is 0.321 e. The molecular weight excluding hydrogens is 407 g/mol. The fraction of sp³-hybridized carbons (Fsp3) is 0.409. The van der Waals surface area contributed by atoms with Crippen molar-refractivity contribution in [1.82, 2.24) is 15.1 Å². The van der Waals surface area contributed by atoms with Crippen LogP contribution >= 0.6 is 23.2 Å². The van der Waals surface area contributed by atoms with Gasteiger partial charge >= 0.3 is 6.03 Å². The quantitative estimate of drug-likeness (QED) is 0.762. The molecule has 1 unspecified atom stereocenters. The van der Waals surface area contributed by atoms with Gasteiger partial charge in [-0.25, -0.2) is 4.79 Å². The molecule has 1 aliphatic rings. The summed E-state index contributed by atoms with van der Waals surface area (Å²) in [6.45, 7) is 3.12. The first kappa shape index (κ1) is 21.9. The molecule has 2 aromatic rings. The minimum Gasteiger partial charge on any atom is -0.336 e. The van der Waals surface area contributed by atoms with Crippen LogP contribution in [-0.4, -0.2) is 63.7 Å². The summed E-state index contributed by atoms with van der Waals surface area (Å²) in [7, 11) is 7.84. The third-order valence-corrected chi connectivity index (χ3v) is 5.87. The van der Waals surface area contributed by atoms with Crippen LogP contribution in [0, 0.1) is 0 Å². The Morgan fingerprint density at radius 3 is 2.52 bits per heavy atom. The van der Waals surface area contributed by atoms with Crippen LogP contribution in [-0.2, 0) is 6.54 Å². The number of urea groups is 1. The number of amides is 2. The van der Waals surface area contributed by atoms with Crippen LogP contribution in [0.15, 0.2) is 36.4 Å². The van der Waals surface area contributed by atoms with Gasteiger partial charge < -0.3 is 15.1 Å². The van der Waals surface area contributed by atoms with Crippen molar-refractivity contribution in [2.24, 2.45) is 0 Å². The highest BCUT2D eigenvalue weighted by molar-refractivity contribution is 6.35. The van der Waals surface area contributed by atoms with Crippen LogP contribution in [0.2, 0.25) is 10.0 Å². The van der Waals surface area contributed by atoms with Crippen molar-refractivity contribution in [1.29, 1.82) is 0 Å². The number of carbonyl (C=O) groups excluding carboxylic acids is 1. The van der Waals surface area contributed by atoms with Crippen LogP contribution in [0.1, 0.15) is 22.6 Å². The number of hydrogen-bond donors (Lipinski definition) is 1. The summed E-state index contributed by atoms with van der Waals surface area (Å²) in [5.74, 6) is 0.188.